The summed E-state index contributed by atoms with van der Waals surface area (Å²) in [5.41, 5.74) is 1.13. The van der Waals surface area contributed by atoms with E-state index < -0.39 is 36.4 Å². The molecule has 0 bridgehead atoms. The van der Waals surface area contributed by atoms with E-state index in [0.717, 1.165) is 39.0 Å². The van der Waals surface area contributed by atoms with Gasteiger partial charge in [0.2, 0.25) is 0 Å². The van der Waals surface area contributed by atoms with Crippen LogP contribution in [0.15, 0.2) is 24.5 Å². The van der Waals surface area contributed by atoms with Crippen molar-refractivity contribution in [3.63, 3.8) is 0 Å². The predicted molar refractivity (Wildman–Crippen MR) is 133 cm³/mol. The van der Waals surface area contributed by atoms with Gasteiger partial charge in [0.15, 0.2) is 0 Å². The van der Waals surface area contributed by atoms with Gasteiger partial charge < -0.3 is 20.1 Å². The standard InChI is InChI=1S/C18H26N4O3.3C2HF3O2/c1-20-12-18(13-21(14-18)10-15-4-6-19-7-5-15)24-11-16(20)17(23)22-8-2-3-9-25-22;3*3-2(4,5)1(6)7/h4-7,16H,2-3,8-14H2,1H3;3*(H,6,7). The number of halogens is 9. The van der Waals surface area contributed by atoms with Crippen LogP contribution in [0.25, 0.3) is 0 Å². The molecule has 1 aromatic rings. The van der Waals surface area contributed by atoms with E-state index in [1.165, 1.54) is 10.6 Å². The number of ether oxygens (including phenoxy) is 1. The Balaban J connectivity index is 0.000000413. The van der Waals surface area contributed by atoms with Crippen molar-refractivity contribution in [2.45, 2.75) is 49.6 Å². The minimum absolute atomic E-state index is 0.0324. The molecule has 1 spiro atoms. The Labute approximate surface area is 254 Å². The number of pyridine rings is 1. The first kappa shape index (κ1) is 40.3. The fraction of sp³-hybridized carbons (Fsp3) is 0.625. The van der Waals surface area contributed by atoms with Crippen LogP contribution >= 0.6 is 0 Å². The molecule has 1 amide bonds. The molecule has 3 fully saturated rings. The molecule has 1 unspecified atom stereocenters. The van der Waals surface area contributed by atoms with E-state index in [0.29, 0.717) is 19.8 Å². The third kappa shape index (κ3) is 13.7. The smallest absolute Gasteiger partial charge is 0.475 e. The lowest BCUT2D eigenvalue weighted by Gasteiger charge is -2.55. The van der Waals surface area contributed by atoms with Crippen molar-refractivity contribution < 1.29 is 83.6 Å². The molecule has 13 nitrogen and oxygen atoms in total. The van der Waals surface area contributed by atoms with Crippen molar-refractivity contribution in [1.82, 2.24) is 19.8 Å². The molecular weight excluding hydrogens is 659 g/mol. The summed E-state index contributed by atoms with van der Waals surface area (Å²) >= 11 is 0. The first-order valence-electron chi connectivity index (χ1n) is 12.8. The normalized spacial score (nSPS) is 20.0. The lowest BCUT2D eigenvalue weighted by Crippen LogP contribution is -2.72. The van der Waals surface area contributed by atoms with Gasteiger partial charge in [-0.05, 0) is 37.6 Å². The van der Waals surface area contributed by atoms with Crippen LogP contribution in [0.3, 0.4) is 0 Å². The van der Waals surface area contributed by atoms with Crippen LogP contribution < -0.4 is 0 Å². The quantitative estimate of drug-likeness (QED) is 0.397. The maximum atomic E-state index is 12.6. The van der Waals surface area contributed by atoms with Crippen molar-refractivity contribution >= 4 is 23.8 Å². The van der Waals surface area contributed by atoms with Crippen LogP contribution in [0.5, 0.6) is 0 Å². The molecule has 1 atom stereocenters. The van der Waals surface area contributed by atoms with E-state index in [4.69, 9.17) is 39.3 Å². The van der Waals surface area contributed by atoms with Crippen LogP contribution in [-0.2, 0) is 35.3 Å². The Kier molecular flexibility index (Phi) is 14.6. The number of carboxylic acid groups (broad SMARTS) is 3. The number of nitrogens with zero attached hydrogens (tertiary/aromatic N) is 4. The number of carbonyl (C=O) groups is 4. The first-order chi connectivity index (χ1) is 21.0. The van der Waals surface area contributed by atoms with Crippen LogP contribution in [0.4, 0.5) is 39.5 Å². The lowest BCUT2D eigenvalue weighted by molar-refractivity contribution is -0.224. The summed E-state index contributed by atoms with van der Waals surface area (Å²) in [6, 6.07) is 3.86. The van der Waals surface area contributed by atoms with Gasteiger partial charge >= 0.3 is 36.4 Å². The largest absolute Gasteiger partial charge is 0.490 e. The molecule has 4 heterocycles. The minimum Gasteiger partial charge on any atom is -0.475 e. The van der Waals surface area contributed by atoms with E-state index in [2.05, 4.69) is 14.8 Å². The molecule has 0 saturated carbocycles. The summed E-state index contributed by atoms with van der Waals surface area (Å²) in [5, 5.41) is 22.9. The third-order valence-corrected chi connectivity index (χ3v) is 6.06. The first-order valence-corrected chi connectivity index (χ1v) is 12.8. The second-order valence-electron chi connectivity index (χ2n) is 9.81. The van der Waals surface area contributed by atoms with Gasteiger partial charge in [0.05, 0.1) is 13.2 Å². The number of carbonyl (C=O) groups excluding carboxylic acids is 1. The Morgan fingerprint density at radius 2 is 1.30 bits per heavy atom. The minimum atomic E-state index is -5.08. The molecule has 22 heteroatoms. The molecule has 1 aromatic heterocycles. The SMILES string of the molecule is CN1CC2(CN(Cc3ccncc3)C2)OCC1C(=O)N1CCCCO1.O=C(O)C(F)(F)F.O=C(O)C(F)(F)F.O=C(O)C(F)(F)F. The summed E-state index contributed by atoms with van der Waals surface area (Å²) in [6.45, 7) is 5.27. The molecule has 3 N–H and O–H groups in total. The molecule has 262 valence electrons. The zero-order valence-electron chi connectivity index (χ0n) is 23.7. The molecule has 3 aliphatic heterocycles. The monoisotopic (exact) mass is 688 g/mol. The molecule has 3 saturated heterocycles. The highest BCUT2D eigenvalue weighted by atomic mass is 19.4. The Morgan fingerprint density at radius 1 is 0.848 bits per heavy atom. The molecular formula is C24H29F9N4O9. The Bertz CT molecular complexity index is 1100. The number of morpholine rings is 1. The van der Waals surface area contributed by atoms with Crippen LogP contribution in [0.1, 0.15) is 18.4 Å². The van der Waals surface area contributed by atoms with E-state index >= 15 is 0 Å². The van der Waals surface area contributed by atoms with E-state index in [9.17, 15) is 44.3 Å². The van der Waals surface area contributed by atoms with Gasteiger partial charge in [-0.3, -0.25) is 24.4 Å². The fourth-order valence-corrected chi connectivity index (χ4v) is 4.01. The van der Waals surface area contributed by atoms with Crippen LogP contribution in [0, 0.1) is 0 Å². The maximum absolute atomic E-state index is 12.6. The Hall–Kier alpha value is -3.76. The van der Waals surface area contributed by atoms with Gasteiger partial charge in [0, 0.05) is 45.1 Å². The summed E-state index contributed by atoms with van der Waals surface area (Å²) in [7, 11) is 2.02. The fourth-order valence-electron chi connectivity index (χ4n) is 4.01. The number of rotatable bonds is 3. The predicted octanol–water partition coefficient (Wildman–Crippen LogP) is 2.42. The number of hydroxylamine groups is 2. The van der Waals surface area contributed by atoms with E-state index in [-0.39, 0.29) is 17.6 Å². The molecule has 0 aromatic carbocycles. The number of likely N-dealkylation sites (N-methyl/N-ethyl adjacent to an activating group) is 1. The molecule has 0 radical (unpaired) electrons. The van der Waals surface area contributed by atoms with Crippen molar-refractivity contribution in [3.8, 4) is 0 Å². The van der Waals surface area contributed by atoms with Crippen molar-refractivity contribution in [1.29, 1.82) is 0 Å². The number of likely N-dealkylation sites (tertiary alicyclic amines) is 1. The number of hydrogen-bond donors (Lipinski definition) is 3. The molecule has 0 aliphatic carbocycles. The highest BCUT2D eigenvalue weighted by molar-refractivity contribution is 5.81. The second kappa shape index (κ2) is 16.7. The van der Waals surface area contributed by atoms with Gasteiger partial charge in [-0.1, -0.05) is 0 Å². The van der Waals surface area contributed by atoms with Gasteiger partial charge in [-0.2, -0.15) is 39.5 Å². The zero-order valence-corrected chi connectivity index (χ0v) is 23.7. The lowest BCUT2D eigenvalue weighted by atomic mass is 9.90. The number of aliphatic carboxylic acids is 3. The van der Waals surface area contributed by atoms with Crippen LogP contribution in [-0.4, -0.2) is 136 Å². The topological polar surface area (TPSA) is 170 Å². The Morgan fingerprint density at radius 3 is 1.67 bits per heavy atom. The van der Waals surface area contributed by atoms with Crippen LogP contribution in [0.2, 0.25) is 0 Å². The molecule has 4 rings (SSSR count). The maximum Gasteiger partial charge on any atom is 0.490 e. The third-order valence-electron chi connectivity index (χ3n) is 6.06. The second-order valence-corrected chi connectivity index (χ2v) is 9.81. The number of hydrogen-bond acceptors (Lipinski definition) is 9. The van der Waals surface area contributed by atoms with Gasteiger partial charge in [-0.15, -0.1) is 0 Å². The molecule has 3 aliphatic rings. The summed E-state index contributed by atoms with van der Waals surface area (Å²) < 4.78 is 101. The summed E-state index contributed by atoms with van der Waals surface area (Å²) in [4.78, 5) is 53.4. The number of aromatic nitrogens is 1. The van der Waals surface area contributed by atoms with Crippen molar-refractivity contribution in [2.75, 3.05) is 46.4 Å². The average Bonchev–Trinajstić information content (AvgIpc) is 2.92. The van der Waals surface area contributed by atoms with Gasteiger partial charge in [0.1, 0.15) is 11.6 Å². The van der Waals surface area contributed by atoms with Crippen molar-refractivity contribution in [2.24, 2.45) is 0 Å². The van der Waals surface area contributed by atoms with E-state index in [1.807, 2.05) is 31.6 Å². The zero-order chi connectivity index (χ0) is 35.5. The summed E-state index contributed by atoms with van der Waals surface area (Å²) in [6.07, 6.45) is -9.56. The summed E-state index contributed by atoms with van der Waals surface area (Å²) in [5.74, 6) is -8.24. The van der Waals surface area contributed by atoms with Gasteiger partial charge in [-0.25, -0.2) is 19.4 Å². The number of amides is 1. The van der Waals surface area contributed by atoms with E-state index in [1.54, 1.807) is 0 Å². The number of carboxylic acids is 3. The number of alkyl halides is 9. The van der Waals surface area contributed by atoms with Gasteiger partial charge in [0.25, 0.3) is 5.91 Å². The highest BCUT2D eigenvalue weighted by Crippen LogP contribution is 2.32. The highest BCUT2D eigenvalue weighted by Gasteiger charge is 2.50. The average molecular weight is 688 g/mol. The van der Waals surface area contributed by atoms with Crippen molar-refractivity contribution in [3.05, 3.63) is 30.1 Å². The molecule has 46 heavy (non-hydrogen) atoms.